The molecule has 0 unspecified atom stereocenters. The Labute approximate surface area is 199 Å². The molecule has 3 aliphatic rings. The zero-order chi connectivity index (χ0) is 24.6. The van der Waals surface area contributed by atoms with Gasteiger partial charge in [-0.3, -0.25) is 19.1 Å². The summed E-state index contributed by atoms with van der Waals surface area (Å²) in [6.07, 6.45) is 1.95. The minimum atomic E-state index is -0.686. The summed E-state index contributed by atoms with van der Waals surface area (Å²) in [6.45, 7) is 10.1. The number of hydrogen-bond donors (Lipinski definition) is 0. The molecule has 0 fully saturated rings. The van der Waals surface area contributed by atoms with Crippen LogP contribution in [0.15, 0.2) is 57.8 Å². The molecule has 2 aliphatic carbocycles. The summed E-state index contributed by atoms with van der Waals surface area (Å²) < 4.78 is 9.80. The van der Waals surface area contributed by atoms with E-state index in [1.54, 1.807) is 11.7 Å². The number of allylic oxidation sites excluding steroid dienone is 4. The minimum absolute atomic E-state index is 0.0330. The monoisotopic (exact) mass is 460 g/mol. The van der Waals surface area contributed by atoms with Crippen LogP contribution in [0.1, 0.15) is 70.6 Å². The Balaban J connectivity index is 1.79. The summed E-state index contributed by atoms with van der Waals surface area (Å²) in [5.41, 5.74) is 2.42. The molecule has 0 radical (unpaired) electrons. The lowest BCUT2D eigenvalue weighted by molar-refractivity contribution is -0.120. The van der Waals surface area contributed by atoms with Crippen LogP contribution in [0.5, 0.6) is 0 Å². The highest BCUT2D eigenvalue weighted by Gasteiger charge is 2.49. The fourth-order valence-corrected chi connectivity index (χ4v) is 5.99. The van der Waals surface area contributed by atoms with E-state index in [-0.39, 0.29) is 28.0 Å². The van der Waals surface area contributed by atoms with E-state index >= 15 is 0 Å². The first-order valence-corrected chi connectivity index (χ1v) is 11.9. The highest BCUT2D eigenvalue weighted by atomic mass is 16.5. The van der Waals surface area contributed by atoms with E-state index in [9.17, 15) is 14.4 Å². The molecule has 0 saturated heterocycles. The maximum Gasteiger partial charge on any atom is 0.271 e. The number of carbonyl (C=O) groups is 2. The number of para-hydroxylation sites is 1. The number of rotatable bonds is 2. The standard InChI is InChI=1S/C28H32N2O4/c1-16-22(26(33)29(6)30(16)17-10-8-7-9-11-17)25-23-18(31)12-27(2,3)14-20(23)34-21-15-28(4,5)13-19(32)24(21)25/h7-11,25H,12-15H2,1-6H3. The van der Waals surface area contributed by atoms with E-state index < -0.39 is 5.92 Å². The fraction of sp³-hybridized carbons (Fsp3) is 0.464. The van der Waals surface area contributed by atoms with Crippen molar-refractivity contribution in [1.29, 1.82) is 0 Å². The first-order valence-electron chi connectivity index (χ1n) is 11.9. The Kier molecular flexibility index (Phi) is 4.94. The zero-order valence-corrected chi connectivity index (χ0v) is 20.8. The Hall–Kier alpha value is -3.15. The van der Waals surface area contributed by atoms with Crippen molar-refractivity contribution < 1.29 is 14.3 Å². The van der Waals surface area contributed by atoms with Gasteiger partial charge in [0.15, 0.2) is 11.6 Å². The summed E-state index contributed by atoms with van der Waals surface area (Å²) in [5.74, 6) is 0.507. The molecule has 0 saturated carbocycles. The van der Waals surface area contributed by atoms with Crippen LogP contribution in [0.4, 0.5) is 0 Å². The van der Waals surface area contributed by atoms with Crippen LogP contribution in [0.25, 0.3) is 5.69 Å². The molecule has 0 amide bonds. The van der Waals surface area contributed by atoms with E-state index in [2.05, 4.69) is 27.7 Å². The molecular weight excluding hydrogens is 428 g/mol. The van der Waals surface area contributed by atoms with Gasteiger partial charge in [-0.2, -0.15) is 0 Å². The molecule has 0 spiro atoms. The van der Waals surface area contributed by atoms with E-state index in [1.165, 1.54) is 0 Å². The van der Waals surface area contributed by atoms with Crippen molar-refractivity contribution >= 4 is 11.6 Å². The van der Waals surface area contributed by atoms with Crippen LogP contribution in [-0.2, 0) is 21.4 Å². The average Bonchev–Trinajstić information content (AvgIpc) is 2.93. The molecule has 2 heterocycles. The van der Waals surface area contributed by atoms with Crippen molar-refractivity contribution in [3.05, 3.63) is 74.6 Å². The van der Waals surface area contributed by atoms with Crippen LogP contribution < -0.4 is 5.56 Å². The van der Waals surface area contributed by atoms with Crippen LogP contribution in [0, 0.1) is 17.8 Å². The third kappa shape index (κ3) is 3.42. The van der Waals surface area contributed by atoms with E-state index in [0.717, 1.165) is 11.4 Å². The van der Waals surface area contributed by atoms with Gasteiger partial charge in [0.2, 0.25) is 0 Å². The predicted octanol–water partition coefficient (Wildman–Crippen LogP) is 4.88. The molecular formula is C28H32N2O4. The second kappa shape index (κ2) is 7.42. The van der Waals surface area contributed by atoms with Crippen molar-refractivity contribution in [3.8, 4) is 5.69 Å². The Bertz CT molecular complexity index is 1300. The fourth-order valence-electron chi connectivity index (χ4n) is 5.99. The summed E-state index contributed by atoms with van der Waals surface area (Å²) in [4.78, 5) is 40.8. The van der Waals surface area contributed by atoms with Crippen molar-refractivity contribution in [2.45, 2.75) is 66.2 Å². The number of hydrogen-bond acceptors (Lipinski definition) is 4. The maximum atomic E-state index is 13.7. The van der Waals surface area contributed by atoms with Crippen LogP contribution in [-0.4, -0.2) is 20.9 Å². The summed E-state index contributed by atoms with van der Waals surface area (Å²) >= 11 is 0. The summed E-state index contributed by atoms with van der Waals surface area (Å²) in [7, 11) is 1.73. The lowest BCUT2D eigenvalue weighted by atomic mass is 9.65. The molecule has 2 aromatic rings. The van der Waals surface area contributed by atoms with Gasteiger partial charge in [0.05, 0.1) is 17.2 Å². The highest BCUT2D eigenvalue weighted by molar-refractivity contribution is 6.06. The zero-order valence-electron chi connectivity index (χ0n) is 20.8. The first-order chi connectivity index (χ1) is 15.9. The van der Waals surface area contributed by atoms with Crippen LogP contribution in [0.3, 0.4) is 0 Å². The van der Waals surface area contributed by atoms with E-state index in [4.69, 9.17) is 4.74 Å². The molecule has 0 N–H and O–H groups in total. The van der Waals surface area contributed by atoms with Gasteiger partial charge in [0.1, 0.15) is 11.5 Å². The quantitative estimate of drug-likeness (QED) is 0.640. The topological polar surface area (TPSA) is 70.3 Å². The van der Waals surface area contributed by atoms with Crippen molar-refractivity contribution in [1.82, 2.24) is 9.36 Å². The number of ether oxygens (including phenoxy) is 1. The molecule has 1 aromatic carbocycles. The third-order valence-corrected chi connectivity index (χ3v) is 7.40. The van der Waals surface area contributed by atoms with Crippen molar-refractivity contribution in [2.24, 2.45) is 17.9 Å². The second-order valence-corrected chi connectivity index (χ2v) is 11.6. The van der Waals surface area contributed by atoms with E-state index in [0.29, 0.717) is 53.9 Å². The summed E-state index contributed by atoms with van der Waals surface area (Å²) in [5, 5.41) is 0. The molecule has 1 aliphatic heterocycles. The van der Waals surface area contributed by atoms with Gasteiger partial charge in [0, 0.05) is 49.6 Å². The number of ketones is 2. The smallest absolute Gasteiger partial charge is 0.271 e. The molecule has 6 heteroatoms. The van der Waals surface area contributed by atoms with Gasteiger partial charge < -0.3 is 4.74 Å². The maximum absolute atomic E-state index is 13.7. The van der Waals surface area contributed by atoms with Crippen LogP contribution >= 0.6 is 0 Å². The first kappa shape index (κ1) is 22.6. The predicted molar refractivity (Wildman–Crippen MR) is 130 cm³/mol. The molecule has 34 heavy (non-hydrogen) atoms. The molecule has 1 aromatic heterocycles. The van der Waals surface area contributed by atoms with Gasteiger partial charge >= 0.3 is 0 Å². The Morgan fingerprint density at radius 3 is 1.82 bits per heavy atom. The van der Waals surface area contributed by atoms with Crippen molar-refractivity contribution in [3.63, 3.8) is 0 Å². The largest absolute Gasteiger partial charge is 0.465 e. The Morgan fingerprint density at radius 2 is 1.32 bits per heavy atom. The lowest BCUT2D eigenvalue weighted by Gasteiger charge is -2.42. The van der Waals surface area contributed by atoms with Crippen molar-refractivity contribution in [2.75, 3.05) is 0 Å². The average molecular weight is 461 g/mol. The molecule has 0 atom stereocenters. The molecule has 0 bridgehead atoms. The molecule has 178 valence electrons. The third-order valence-electron chi connectivity index (χ3n) is 7.40. The minimum Gasteiger partial charge on any atom is -0.465 e. The highest BCUT2D eigenvalue weighted by Crippen LogP contribution is 2.53. The lowest BCUT2D eigenvalue weighted by Crippen LogP contribution is -2.39. The number of nitrogens with zero attached hydrogens (tertiary/aromatic N) is 2. The SMILES string of the molecule is Cc1c(C2C3=C(CC(C)(C)CC3=O)OC3=C2C(=O)CC(C)(C)C3)c(=O)n(C)n1-c1ccccc1. The normalized spacial score (nSPS) is 21.9. The van der Waals surface area contributed by atoms with Gasteiger partial charge in [0.25, 0.3) is 5.56 Å². The second-order valence-electron chi connectivity index (χ2n) is 11.6. The number of Topliss-reactive ketones (excluding diaryl/α,β-unsaturated/α-hetero) is 2. The summed E-state index contributed by atoms with van der Waals surface area (Å²) in [6, 6.07) is 9.66. The van der Waals surface area contributed by atoms with Gasteiger partial charge in [-0.1, -0.05) is 45.9 Å². The van der Waals surface area contributed by atoms with Gasteiger partial charge in [-0.05, 0) is 29.9 Å². The number of benzene rings is 1. The molecule has 6 nitrogen and oxygen atoms in total. The number of aromatic nitrogens is 2. The van der Waals surface area contributed by atoms with Gasteiger partial charge in [-0.15, -0.1) is 0 Å². The van der Waals surface area contributed by atoms with Gasteiger partial charge in [-0.25, -0.2) is 4.68 Å². The van der Waals surface area contributed by atoms with E-state index in [1.807, 2.05) is 41.9 Å². The molecule has 5 rings (SSSR count). The van der Waals surface area contributed by atoms with Crippen LogP contribution in [0.2, 0.25) is 0 Å². The number of carbonyl (C=O) groups excluding carboxylic acids is 2. The Morgan fingerprint density at radius 1 is 0.824 bits per heavy atom.